The van der Waals surface area contributed by atoms with Crippen LogP contribution in [-0.2, 0) is 11.3 Å². The molecule has 5 nitrogen and oxygen atoms in total. The first-order valence-electron chi connectivity index (χ1n) is 7.87. The van der Waals surface area contributed by atoms with Crippen LogP contribution in [0.1, 0.15) is 30.0 Å². The molecule has 1 N–H and O–H groups in total. The molecule has 3 heterocycles. The fourth-order valence-corrected chi connectivity index (χ4v) is 3.82. The maximum atomic E-state index is 12.1. The molecule has 1 atom stereocenters. The van der Waals surface area contributed by atoms with Crippen molar-refractivity contribution in [3.05, 3.63) is 16.1 Å². The molecule has 21 heavy (non-hydrogen) atoms. The van der Waals surface area contributed by atoms with Crippen molar-refractivity contribution >= 4 is 17.2 Å². The Hall–Kier alpha value is -0.980. The zero-order valence-corrected chi connectivity index (χ0v) is 13.5. The molecule has 2 aliphatic rings. The fourth-order valence-electron chi connectivity index (χ4n) is 3.21. The lowest BCUT2D eigenvalue weighted by molar-refractivity contribution is -0.126. The summed E-state index contributed by atoms with van der Waals surface area (Å²) in [6, 6.07) is 0.0937. The van der Waals surface area contributed by atoms with Gasteiger partial charge in [0.05, 0.1) is 16.7 Å². The molecule has 3 rings (SSSR count). The van der Waals surface area contributed by atoms with Gasteiger partial charge in [-0.1, -0.05) is 0 Å². The van der Waals surface area contributed by atoms with Gasteiger partial charge in [0.1, 0.15) is 0 Å². The van der Waals surface area contributed by atoms with Crippen molar-refractivity contribution in [2.24, 2.45) is 0 Å². The monoisotopic (exact) mass is 308 g/mol. The lowest BCUT2D eigenvalue weighted by Crippen LogP contribution is -2.54. The average molecular weight is 308 g/mol. The van der Waals surface area contributed by atoms with E-state index in [-0.39, 0.29) is 11.9 Å². The van der Waals surface area contributed by atoms with E-state index in [1.807, 2.05) is 0 Å². The highest BCUT2D eigenvalue weighted by atomic mass is 32.1. The number of nitrogens with zero attached hydrogens (tertiary/aromatic N) is 3. The second-order valence-electron chi connectivity index (χ2n) is 5.97. The van der Waals surface area contributed by atoms with E-state index >= 15 is 0 Å². The van der Waals surface area contributed by atoms with E-state index in [2.05, 4.69) is 32.4 Å². The van der Waals surface area contributed by atoms with Crippen LogP contribution in [0, 0.1) is 6.92 Å². The topological polar surface area (TPSA) is 48.5 Å². The largest absolute Gasteiger partial charge is 0.355 e. The minimum absolute atomic E-state index is 0.0937. The van der Waals surface area contributed by atoms with Crippen molar-refractivity contribution in [2.45, 2.75) is 38.8 Å². The zero-order valence-electron chi connectivity index (χ0n) is 12.7. The van der Waals surface area contributed by atoms with Gasteiger partial charge >= 0.3 is 0 Å². The first-order chi connectivity index (χ1) is 10.2. The molecule has 0 bridgehead atoms. The van der Waals surface area contributed by atoms with Crippen molar-refractivity contribution in [2.75, 3.05) is 32.7 Å². The summed E-state index contributed by atoms with van der Waals surface area (Å²) in [5, 5.41) is 6.33. The summed E-state index contributed by atoms with van der Waals surface area (Å²) in [4.78, 5) is 21.5. The van der Waals surface area contributed by atoms with Crippen LogP contribution >= 0.6 is 11.3 Å². The van der Waals surface area contributed by atoms with Crippen LogP contribution in [0.4, 0.5) is 0 Å². The Kier molecular flexibility index (Phi) is 4.87. The van der Waals surface area contributed by atoms with E-state index in [9.17, 15) is 4.79 Å². The van der Waals surface area contributed by atoms with Crippen molar-refractivity contribution in [1.29, 1.82) is 0 Å². The molecule has 116 valence electrons. The molecule has 1 amide bonds. The Balaban J connectivity index is 1.51. The SMILES string of the molecule is Cc1nc(CN2CCN([C@H]3CCCCNC3=O)CC2)cs1. The second-order valence-corrected chi connectivity index (χ2v) is 7.03. The van der Waals surface area contributed by atoms with Crippen molar-refractivity contribution < 1.29 is 4.79 Å². The van der Waals surface area contributed by atoms with Gasteiger partial charge in [-0.15, -0.1) is 11.3 Å². The van der Waals surface area contributed by atoms with Gasteiger partial charge in [-0.05, 0) is 26.2 Å². The number of aromatic nitrogens is 1. The minimum atomic E-state index is 0.0937. The highest BCUT2D eigenvalue weighted by Crippen LogP contribution is 2.17. The lowest BCUT2D eigenvalue weighted by Gasteiger charge is -2.38. The highest BCUT2D eigenvalue weighted by Gasteiger charge is 2.29. The number of carbonyl (C=O) groups excluding carboxylic acids is 1. The van der Waals surface area contributed by atoms with Crippen LogP contribution in [-0.4, -0.2) is 59.5 Å². The molecule has 6 heteroatoms. The van der Waals surface area contributed by atoms with Gasteiger partial charge in [-0.2, -0.15) is 0 Å². The first-order valence-corrected chi connectivity index (χ1v) is 8.75. The fraction of sp³-hybridized carbons (Fsp3) is 0.733. The summed E-state index contributed by atoms with van der Waals surface area (Å²) in [5.74, 6) is 0.232. The molecular formula is C15H24N4OS. The number of rotatable bonds is 3. The normalized spacial score (nSPS) is 25.6. The molecule has 0 unspecified atom stereocenters. The molecule has 0 spiro atoms. The molecule has 0 aliphatic carbocycles. The molecule has 2 aliphatic heterocycles. The summed E-state index contributed by atoms with van der Waals surface area (Å²) < 4.78 is 0. The van der Waals surface area contributed by atoms with Crippen molar-refractivity contribution in [3.8, 4) is 0 Å². The Bertz CT molecular complexity index is 482. The van der Waals surface area contributed by atoms with Gasteiger partial charge in [0.15, 0.2) is 0 Å². The quantitative estimate of drug-likeness (QED) is 0.913. The number of aryl methyl sites for hydroxylation is 1. The molecular weight excluding hydrogens is 284 g/mol. The number of hydrogen-bond acceptors (Lipinski definition) is 5. The number of carbonyl (C=O) groups is 1. The van der Waals surface area contributed by atoms with E-state index in [1.54, 1.807) is 11.3 Å². The van der Waals surface area contributed by atoms with Crippen molar-refractivity contribution in [3.63, 3.8) is 0 Å². The Morgan fingerprint density at radius 2 is 2.14 bits per heavy atom. The number of piperazine rings is 1. The number of nitrogens with one attached hydrogen (secondary N) is 1. The standard InChI is InChI=1S/C15H24N4OS/c1-12-17-13(11-21-12)10-18-6-8-19(9-7-18)14-4-2-3-5-16-15(14)20/h11,14H,2-10H2,1H3,(H,16,20)/t14-/m0/s1. The predicted molar refractivity (Wildman–Crippen MR) is 84.3 cm³/mol. The molecule has 1 aromatic heterocycles. The summed E-state index contributed by atoms with van der Waals surface area (Å²) in [7, 11) is 0. The molecule has 2 fully saturated rings. The molecule has 1 aromatic rings. The zero-order chi connectivity index (χ0) is 14.7. The summed E-state index contributed by atoms with van der Waals surface area (Å²) in [6.45, 7) is 7.87. The van der Waals surface area contributed by atoms with Gasteiger partial charge < -0.3 is 5.32 Å². The van der Waals surface area contributed by atoms with E-state index in [0.29, 0.717) is 0 Å². The van der Waals surface area contributed by atoms with Crippen LogP contribution in [0.15, 0.2) is 5.38 Å². The van der Waals surface area contributed by atoms with E-state index < -0.39 is 0 Å². The van der Waals surface area contributed by atoms with E-state index in [4.69, 9.17) is 0 Å². The summed E-state index contributed by atoms with van der Waals surface area (Å²) >= 11 is 1.72. The third-order valence-electron chi connectivity index (χ3n) is 4.41. The predicted octanol–water partition coefficient (Wildman–Crippen LogP) is 1.24. The van der Waals surface area contributed by atoms with Gasteiger partial charge in [0, 0.05) is 44.6 Å². The van der Waals surface area contributed by atoms with Crippen LogP contribution in [0.2, 0.25) is 0 Å². The molecule has 0 saturated carbocycles. The van der Waals surface area contributed by atoms with Gasteiger partial charge in [0.25, 0.3) is 0 Å². The molecule has 0 radical (unpaired) electrons. The van der Waals surface area contributed by atoms with Crippen LogP contribution in [0.3, 0.4) is 0 Å². The maximum absolute atomic E-state index is 12.1. The number of thiazole rings is 1. The van der Waals surface area contributed by atoms with Crippen LogP contribution in [0.25, 0.3) is 0 Å². The number of hydrogen-bond donors (Lipinski definition) is 1. The Labute approximate surface area is 130 Å². The third kappa shape index (κ3) is 3.81. The molecule has 2 saturated heterocycles. The van der Waals surface area contributed by atoms with Gasteiger partial charge in [0.2, 0.25) is 5.91 Å². The Morgan fingerprint density at radius 1 is 1.33 bits per heavy atom. The highest BCUT2D eigenvalue weighted by molar-refractivity contribution is 7.09. The van der Waals surface area contributed by atoms with Crippen molar-refractivity contribution in [1.82, 2.24) is 20.1 Å². The number of amides is 1. The summed E-state index contributed by atoms with van der Waals surface area (Å²) in [5.41, 5.74) is 1.18. The van der Waals surface area contributed by atoms with E-state index in [1.165, 1.54) is 5.69 Å². The van der Waals surface area contributed by atoms with E-state index in [0.717, 1.165) is 63.5 Å². The molecule has 0 aromatic carbocycles. The lowest BCUT2D eigenvalue weighted by atomic mass is 10.1. The first kappa shape index (κ1) is 14.9. The Morgan fingerprint density at radius 3 is 2.86 bits per heavy atom. The third-order valence-corrected chi connectivity index (χ3v) is 5.23. The smallest absolute Gasteiger partial charge is 0.237 e. The van der Waals surface area contributed by atoms with Gasteiger partial charge in [-0.25, -0.2) is 4.98 Å². The van der Waals surface area contributed by atoms with Crippen LogP contribution in [0.5, 0.6) is 0 Å². The van der Waals surface area contributed by atoms with Crippen LogP contribution < -0.4 is 5.32 Å². The average Bonchev–Trinajstić information content (AvgIpc) is 2.76. The summed E-state index contributed by atoms with van der Waals surface area (Å²) in [6.07, 6.45) is 3.28. The van der Waals surface area contributed by atoms with Gasteiger partial charge in [-0.3, -0.25) is 14.6 Å². The maximum Gasteiger partial charge on any atom is 0.237 e. The minimum Gasteiger partial charge on any atom is -0.355 e. The second kappa shape index (κ2) is 6.85.